The van der Waals surface area contributed by atoms with Gasteiger partial charge in [0.25, 0.3) is 0 Å². The maximum Gasteiger partial charge on any atom is 0.418 e. The number of benzene rings is 2. The highest BCUT2D eigenvalue weighted by molar-refractivity contribution is 6.12. The predicted octanol–water partition coefficient (Wildman–Crippen LogP) is 7.56. The summed E-state index contributed by atoms with van der Waals surface area (Å²) in [5.41, 5.74) is -1.20. The molecule has 0 spiro atoms. The number of hydrogen-bond donors (Lipinski definition) is 2. The fraction of sp³-hybridized carbons (Fsp3) is 0.471. The highest BCUT2D eigenvalue weighted by Crippen LogP contribution is 2.42. The molecule has 2 aliphatic rings. The van der Waals surface area contributed by atoms with Gasteiger partial charge >= 0.3 is 12.3 Å². The maximum atomic E-state index is 14.2. The smallest absolute Gasteiger partial charge is 0.418 e. The number of anilines is 3. The Labute approximate surface area is 276 Å². The Bertz CT molecular complexity index is 1620. The first kappa shape index (κ1) is 34.9. The second-order valence-electron chi connectivity index (χ2n) is 12.7. The molecule has 2 saturated heterocycles. The Hall–Kier alpha value is -4.43. The minimum Gasteiger partial charge on any atom is -0.444 e. The molecule has 48 heavy (non-hydrogen) atoms. The normalized spacial score (nSPS) is 16.9. The summed E-state index contributed by atoms with van der Waals surface area (Å²) in [4.78, 5) is 40.5. The van der Waals surface area contributed by atoms with Crippen molar-refractivity contribution in [2.24, 2.45) is 0 Å². The van der Waals surface area contributed by atoms with Gasteiger partial charge in [0, 0.05) is 36.9 Å². The van der Waals surface area contributed by atoms with Crippen LogP contribution in [0.3, 0.4) is 0 Å². The Morgan fingerprint density at radius 1 is 0.979 bits per heavy atom. The molecule has 2 aromatic carbocycles. The van der Waals surface area contributed by atoms with Crippen molar-refractivity contribution in [1.82, 2.24) is 5.16 Å². The summed E-state index contributed by atoms with van der Waals surface area (Å²) in [6.45, 7) is 6.55. The Morgan fingerprint density at radius 3 is 2.42 bits per heavy atom. The van der Waals surface area contributed by atoms with Gasteiger partial charge < -0.3 is 29.0 Å². The molecule has 2 amide bonds. The van der Waals surface area contributed by atoms with E-state index in [0.29, 0.717) is 36.7 Å². The van der Waals surface area contributed by atoms with Crippen molar-refractivity contribution in [2.75, 3.05) is 35.2 Å². The molecule has 1 atom stereocenters. The van der Waals surface area contributed by atoms with E-state index in [0.717, 1.165) is 38.2 Å². The van der Waals surface area contributed by atoms with Gasteiger partial charge in [-0.1, -0.05) is 23.4 Å². The average molecular weight is 673 g/mol. The summed E-state index contributed by atoms with van der Waals surface area (Å²) in [5.74, 6) is -0.979. The zero-order valence-electron chi connectivity index (χ0n) is 27.1. The van der Waals surface area contributed by atoms with Gasteiger partial charge in [0.15, 0.2) is 17.8 Å². The van der Waals surface area contributed by atoms with Crippen molar-refractivity contribution in [3.05, 3.63) is 59.4 Å². The first-order valence-corrected chi connectivity index (χ1v) is 15.9. The summed E-state index contributed by atoms with van der Waals surface area (Å²) in [5, 5.41) is 8.93. The molecule has 1 unspecified atom stereocenters. The van der Waals surface area contributed by atoms with Crippen LogP contribution in [-0.2, 0) is 31.8 Å². The van der Waals surface area contributed by atoms with Crippen molar-refractivity contribution < 1.29 is 46.3 Å². The number of carbonyl (C=O) groups excluding carboxylic acids is 3. The quantitative estimate of drug-likeness (QED) is 0.165. The molecule has 258 valence electrons. The lowest BCUT2D eigenvalue weighted by Gasteiger charge is -2.26. The first-order valence-electron chi connectivity index (χ1n) is 15.9. The summed E-state index contributed by atoms with van der Waals surface area (Å²) in [6, 6.07) is 10.0. The Kier molecular flexibility index (Phi) is 10.7. The predicted molar refractivity (Wildman–Crippen MR) is 171 cm³/mol. The summed E-state index contributed by atoms with van der Waals surface area (Å²) < 4.78 is 64.7. The molecule has 2 fully saturated rings. The zero-order valence-corrected chi connectivity index (χ0v) is 27.1. The molecular formula is C34H39F3N4O7. The van der Waals surface area contributed by atoms with E-state index in [1.807, 2.05) is 0 Å². The van der Waals surface area contributed by atoms with Crippen LogP contribution in [-0.4, -0.2) is 54.5 Å². The average Bonchev–Trinajstić information content (AvgIpc) is 3.73. The number of Topliss-reactive ketones (excluding diaryl/α,β-unsaturated/α-hetero) is 1. The third-order valence-corrected chi connectivity index (χ3v) is 7.71. The number of amides is 2. The van der Waals surface area contributed by atoms with E-state index in [4.69, 9.17) is 18.7 Å². The van der Waals surface area contributed by atoms with Crippen LogP contribution in [0, 0.1) is 0 Å². The number of hydrogen-bond acceptors (Lipinski definition) is 9. The van der Waals surface area contributed by atoms with Crippen LogP contribution < -0.4 is 15.5 Å². The molecule has 3 heterocycles. The van der Waals surface area contributed by atoms with Gasteiger partial charge in [0.1, 0.15) is 17.9 Å². The minimum atomic E-state index is -4.76. The van der Waals surface area contributed by atoms with Gasteiger partial charge in [-0.05, 0) is 71.1 Å². The van der Waals surface area contributed by atoms with E-state index < -0.39 is 41.5 Å². The second-order valence-corrected chi connectivity index (χ2v) is 12.7. The van der Waals surface area contributed by atoms with Crippen LogP contribution in [0.1, 0.15) is 81.0 Å². The molecule has 2 N–H and O–H groups in total. The van der Waals surface area contributed by atoms with E-state index in [2.05, 4.69) is 15.8 Å². The Morgan fingerprint density at radius 2 is 1.73 bits per heavy atom. The molecule has 11 nitrogen and oxygen atoms in total. The maximum absolute atomic E-state index is 14.2. The van der Waals surface area contributed by atoms with Crippen molar-refractivity contribution in [3.63, 3.8) is 0 Å². The number of halogens is 3. The first-order chi connectivity index (χ1) is 22.7. The molecular weight excluding hydrogens is 633 g/mol. The lowest BCUT2D eigenvalue weighted by molar-refractivity contribution is -0.171. The number of nitrogens with zero attached hydrogens (tertiary/aromatic N) is 2. The number of alkyl halides is 3. The van der Waals surface area contributed by atoms with Gasteiger partial charge in [-0.3, -0.25) is 14.9 Å². The van der Waals surface area contributed by atoms with E-state index in [1.54, 1.807) is 49.9 Å². The van der Waals surface area contributed by atoms with Crippen LogP contribution in [0.15, 0.2) is 47.0 Å². The van der Waals surface area contributed by atoms with Gasteiger partial charge in [0.05, 0.1) is 29.0 Å². The van der Waals surface area contributed by atoms with Crippen molar-refractivity contribution >= 4 is 34.8 Å². The van der Waals surface area contributed by atoms with Crippen LogP contribution >= 0.6 is 0 Å². The fourth-order valence-corrected chi connectivity index (χ4v) is 5.48. The Balaban J connectivity index is 1.31. The largest absolute Gasteiger partial charge is 0.444 e. The standard InChI is InChI=1S/C34H39F3N4O7/c1-33(2,3)47-32(44)39-27-18-28(41-12-5-6-13-41)24(34(35,36)37)17-26(27)38-30(43)19-29(42)22-10-8-9-21(15-22)25-16-23(48-40-25)20-46-31-11-4-7-14-45-31/h8-10,15-18,31H,4-7,11-14,19-20H2,1-3H3,(H,38,43)(H,39,44). The SMILES string of the molecule is CC(C)(C)OC(=O)Nc1cc(N2CCCC2)c(C(F)(F)F)cc1NC(=O)CC(=O)c1cccc(-c2cc(COC3CCCCO3)on2)c1. The van der Waals surface area contributed by atoms with E-state index in [-0.39, 0.29) is 35.5 Å². The summed E-state index contributed by atoms with van der Waals surface area (Å²) >= 11 is 0. The summed E-state index contributed by atoms with van der Waals surface area (Å²) in [6.07, 6.45) is -2.39. The number of carbonyl (C=O) groups is 3. The summed E-state index contributed by atoms with van der Waals surface area (Å²) in [7, 11) is 0. The van der Waals surface area contributed by atoms with Gasteiger partial charge in [-0.25, -0.2) is 4.79 Å². The van der Waals surface area contributed by atoms with Crippen molar-refractivity contribution in [1.29, 1.82) is 0 Å². The number of ketones is 1. The third kappa shape index (κ3) is 9.34. The molecule has 0 bridgehead atoms. The molecule has 5 rings (SSSR count). The molecule has 3 aromatic rings. The highest BCUT2D eigenvalue weighted by atomic mass is 19.4. The molecule has 1 aromatic heterocycles. The third-order valence-electron chi connectivity index (χ3n) is 7.71. The van der Waals surface area contributed by atoms with Gasteiger partial charge in [0.2, 0.25) is 5.91 Å². The van der Waals surface area contributed by atoms with Crippen LogP contribution in [0.4, 0.5) is 35.0 Å². The minimum absolute atomic E-state index is 0.0946. The number of rotatable bonds is 10. The zero-order chi connectivity index (χ0) is 34.5. The second kappa shape index (κ2) is 14.8. The highest BCUT2D eigenvalue weighted by Gasteiger charge is 2.37. The van der Waals surface area contributed by atoms with Gasteiger partial charge in [-0.2, -0.15) is 13.2 Å². The number of nitrogens with one attached hydrogen (secondary N) is 2. The lowest BCUT2D eigenvalue weighted by atomic mass is 10.0. The molecule has 0 radical (unpaired) electrons. The van der Waals surface area contributed by atoms with Crippen LogP contribution in [0.25, 0.3) is 11.3 Å². The lowest BCUT2D eigenvalue weighted by Crippen LogP contribution is -2.28. The van der Waals surface area contributed by atoms with E-state index in [9.17, 15) is 27.6 Å². The molecule has 0 saturated carbocycles. The molecule has 2 aliphatic heterocycles. The van der Waals surface area contributed by atoms with Crippen molar-refractivity contribution in [2.45, 2.75) is 84.0 Å². The molecule has 0 aliphatic carbocycles. The van der Waals surface area contributed by atoms with Crippen molar-refractivity contribution in [3.8, 4) is 11.3 Å². The van der Waals surface area contributed by atoms with E-state index in [1.165, 1.54) is 12.1 Å². The van der Waals surface area contributed by atoms with Crippen LogP contribution in [0.2, 0.25) is 0 Å². The van der Waals surface area contributed by atoms with E-state index >= 15 is 0 Å². The fourth-order valence-electron chi connectivity index (χ4n) is 5.48. The molecule has 14 heteroatoms. The van der Waals surface area contributed by atoms with Crippen LogP contribution in [0.5, 0.6) is 0 Å². The monoisotopic (exact) mass is 672 g/mol. The topological polar surface area (TPSA) is 132 Å². The number of aromatic nitrogens is 1. The number of ether oxygens (including phenoxy) is 3. The van der Waals surface area contributed by atoms with Gasteiger partial charge in [-0.15, -0.1) is 0 Å².